The zero-order valence-electron chi connectivity index (χ0n) is 27.5. The molecule has 2 N–H and O–H groups in total. The molecule has 3 heterocycles. The van der Waals surface area contributed by atoms with E-state index >= 15 is 0 Å². The van der Waals surface area contributed by atoms with Crippen molar-refractivity contribution in [3.8, 4) is 22.6 Å². The highest BCUT2D eigenvalue weighted by Gasteiger charge is 2.20. The van der Waals surface area contributed by atoms with Crippen LogP contribution in [-0.2, 0) is 0 Å². The molecule has 10 aromatic rings. The molecular formula is C45H30N6. The van der Waals surface area contributed by atoms with Crippen LogP contribution in [0.5, 0.6) is 0 Å². The number of aromatic nitrogens is 4. The van der Waals surface area contributed by atoms with Gasteiger partial charge in [-0.25, -0.2) is 4.98 Å². The van der Waals surface area contributed by atoms with E-state index < -0.39 is 0 Å². The van der Waals surface area contributed by atoms with Gasteiger partial charge in [0.2, 0.25) is 5.62 Å². The maximum absolute atomic E-state index is 9.00. The average molecular weight is 655 g/mol. The smallest absolute Gasteiger partial charge is 0.229 e. The van der Waals surface area contributed by atoms with Crippen LogP contribution in [0.2, 0.25) is 0 Å². The average Bonchev–Trinajstić information content (AvgIpc) is 3.71. The molecule has 6 nitrogen and oxygen atoms in total. The van der Waals surface area contributed by atoms with Gasteiger partial charge in [0.1, 0.15) is 0 Å². The Morgan fingerprint density at radius 1 is 0.510 bits per heavy atom. The van der Waals surface area contributed by atoms with Crippen LogP contribution >= 0.6 is 0 Å². The van der Waals surface area contributed by atoms with Crippen LogP contribution < -0.4 is 5.62 Å². The van der Waals surface area contributed by atoms with Crippen LogP contribution in [0.15, 0.2) is 175 Å². The van der Waals surface area contributed by atoms with Crippen LogP contribution in [0.3, 0.4) is 0 Å². The topological polar surface area (TPSA) is 74.8 Å². The van der Waals surface area contributed by atoms with Gasteiger partial charge in [-0.1, -0.05) is 109 Å². The maximum atomic E-state index is 9.00. The zero-order chi connectivity index (χ0) is 33.9. The fourth-order valence-electron chi connectivity index (χ4n) is 7.55. The van der Waals surface area contributed by atoms with E-state index in [9.17, 15) is 0 Å². The van der Waals surface area contributed by atoms with Crippen molar-refractivity contribution in [2.75, 3.05) is 0 Å². The van der Waals surface area contributed by atoms with Gasteiger partial charge < -0.3 is 14.1 Å². The SMILES string of the molecule is N=C(/N=c1/nc(-c2ccccc2)c2ccccc2[nH]1)c1ccc(-n2c3ccccc3c3ccc4c(c5ccccc5n4-c4ccccc4)c32)cc1. The first-order valence-electron chi connectivity index (χ1n) is 17.0. The Bertz CT molecular complexity index is 3020. The number of benzene rings is 7. The number of amidine groups is 1. The highest BCUT2D eigenvalue weighted by atomic mass is 15.0. The summed E-state index contributed by atoms with van der Waals surface area (Å²) in [4.78, 5) is 12.9. The standard InChI is InChI=1S/C45H30N6/c46-44(49-45-47-37-20-10-7-18-35(37)42(48-45)29-13-3-1-4-14-29)30-23-25-32(26-24-30)51-38-21-11-8-17-33(38)34-27-28-40-41(43(34)51)36-19-9-12-22-39(36)50(40)31-15-5-2-6-16-31/h1-28H,(H2,46,47,48,49). The van der Waals surface area contributed by atoms with Crippen molar-refractivity contribution in [1.82, 2.24) is 19.1 Å². The van der Waals surface area contributed by atoms with E-state index in [0.717, 1.165) is 50.1 Å². The molecule has 51 heavy (non-hydrogen) atoms. The number of fused-ring (bicyclic) bond motifs is 8. The first-order chi connectivity index (χ1) is 25.2. The summed E-state index contributed by atoms with van der Waals surface area (Å²) in [6.07, 6.45) is 0. The van der Waals surface area contributed by atoms with Crippen molar-refractivity contribution < 1.29 is 0 Å². The van der Waals surface area contributed by atoms with Gasteiger partial charge in [0.05, 0.1) is 33.3 Å². The molecule has 0 unspecified atom stereocenters. The normalized spacial score (nSPS) is 12.1. The molecule has 10 rings (SSSR count). The van der Waals surface area contributed by atoms with E-state index in [1.807, 2.05) is 60.7 Å². The second-order valence-corrected chi connectivity index (χ2v) is 12.7. The summed E-state index contributed by atoms with van der Waals surface area (Å²) >= 11 is 0. The molecule has 240 valence electrons. The third-order valence-electron chi connectivity index (χ3n) is 9.79. The number of aromatic amines is 1. The van der Waals surface area contributed by atoms with Gasteiger partial charge in [-0.05, 0) is 60.7 Å². The van der Waals surface area contributed by atoms with Crippen molar-refractivity contribution >= 4 is 60.4 Å². The summed E-state index contributed by atoms with van der Waals surface area (Å²) in [7, 11) is 0. The molecule has 0 aliphatic carbocycles. The third kappa shape index (κ3) is 4.61. The quantitative estimate of drug-likeness (QED) is 0.144. The largest absolute Gasteiger partial charge is 0.323 e. The summed E-state index contributed by atoms with van der Waals surface area (Å²) in [5, 5.41) is 14.8. The molecule has 7 aromatic carbocycles. The molecule has 0 aliphatic rings. The van der Waals surface area contributed by atoms with E-state index in [2.05, 4.69) is 128 Å². The fraction of sp³-hybridized carbons (Fsp3) is 0. The number of rotatable bonds is 4. The molecule has 0 spiro atoms. The maximum Gasteiger partial charge on any atom is 0.229 e. The number of para-hydroxylation sites is 4. The van der Waals surface area contributed by atoms with Crippen molar-refractivity contribution in [2.45, 2.75) is 0 Å². The minimum atomic E-state index is 0.134. The van der Waals surface area contributed by atoms with E-state index in [1.165, 1.54) is 27.1 Å². The Morgan fingerprint density at radius 2 is 1.12 bits per heavy atom. The molecule has 0 atom stereocenters. The first kappa shape index (κ1) is 28.9. The van der Waals surface area contributed by atoms with Crippen LogP contribution in [-0.4, -0.2) is 24.9 Å². The van der Waals surface area contributed by atoms with Crippen LogP contribution in [0, 0.1) is 5.41 Å². The summed E-state index contributed by atoms with van der Waals surface area (Å²) < 4.78 is 4.73. The van der Waals surface area contributed by atoms with Gasteiger partial charge >= 0.3 is 0 Å². The first-order valence-corrected chi connectivity index (χ1v) is 17.0. The summed E-state index contributed by atoms with van der Waals surface area (Å²) in [6.45, 7) is 0. The molecule has 6 heteroatoms. The van der Waals surface area contributed by atoms with Crippen LogP contribution in [0.1, 0.15) is 5.56 Å². The van der Waals surface area contributed by atoms with Gasteiger partial charge in [0, 0.05) is 49.4 Å². The van der Waals surface area contributed by atoms with E-state index in [1.54, 1.807) is 0 Å². The Morgan fingerprint density at radius 3 is 1.88 bits per heavy atom. The van der Waals surface area contributed by atoms with E-state index in [-0.39, 0.29) is 5.84 Å². The summed E-state index contributed by atoms with van der Waals surface area (Å²) in [5.74, 6) is 0.134. The lowest BCUT2D eigenvalue weighted by Gasteiger charge is -2.11. The number of hydrogen-bond donors (Lipinski definition) is 2. The lowest BCUT2D eigenvalue weighted by molar-refractivity contribution is 1.05. The predicted molar refractivity (Wildman–Crippen MR) is 209 cm³/mol. The molecule has 0 amide bonds. The van der Waals surface area contributed by atoms with Gasteiger partial charge in [0.15, 0.2) is 5.84 Å². The Balaban J connectivity index is 1.14. The van der Waals surface area contributed by atoms with E-state index in [0.29, 0.717) is 11.2 Å². The van der Waals surface area contributed by atoms with Gasteiger partial charge in [-0.15, -0.1) is 0 Å². The lowest BCUT2D eigenvalue weighted by Crippen LogP contribution is -2.17. The van der Waals surface area contributed by atoms with Crippen molar-refractivity contribution in [2.24, 2.45) is 4.99 Å². The minimum Gasteiger partial charge on any atom is -0.323 e. The minimum absolute atomic E-state index is 0.134. The lowest BCUT2D eigenvalue weighted by atomic mass is 10.1. The second-order valence-electron chi connectivity index (χ2n) is 12.7. The molecule has 0 bridgehead atoms. The van der Waals surface area contributed by atoms with E-state index in [4.69, 9.17) is 10.4 Å². The number of nitrogens with one attached hydrogen (secondary N) is 2. The van der Waals surface area contributed by atoms with Crippen LogP contribution in [0.4, 0.5) is 0 Å². The highest BCUT2D eigenvalue weighted by molar-refractivity contribution is 6.26. The molecule has 0 radical (unpaired) electrons. The van der Waals surface area contributed by atoms with Crippen LogP contribution in [0.25, 0.3) is 77.1 Å². The number of nitrogens with zero attached hydrogens (tertiary/aromatic N) is 4. The molecule has 0 fully saturated rings. The monoisotopic (exact) mass is 654 g/mol. The predicted octanol–water partition coefficient (Wildman–Crippen LogP) is 10.4. The zero-order valence-corrected chi connectivity index (χ0v) is 27.5. The summed E-state index contributed by atoms with van der Waals surface area (Å²) in [5.41, 5.74) is 10.6. The van der Waals surface area contributed by atoms with Crippen molar-refractivity contribution in [1.29, 1.82) is 5.41 Å². The second kappa shape index (κ2) is 11.5. The Kier molecular flexibility index (Phi) is 6.54. The highest BCUT2D eigenvalue weighted by Crippen LogP contribution is 2.41. The number of hydrogen-bond acceptors (Lipinski definition) is 2. The van der Waals surface area contributed by atoms with Crippen molar-refractivity contribution in [3.05, 3.63) is 181 Å². The fourth-order valence-corrected chi connectivity index (χ4v) is 7.55. The molecule has 3 aromatic heterocycles. The van der Waals surface area contributed by atoms with Crippen molar-refractivity contribution in [3.63, 3.8) is 0 Å². The Hall–Kier alpha value is -7.05. The molecule has 0 aliphatic heterocycles. The summed E-state index contributed by atoms with van der Waals surface area (Å²) in [6, 6.07) is 58.7. The Labute approximate surface area is 292 Å². The third-order valence-corrected chi connectivity index (χ3v) is 9.79. The number of H-pyrrole nitrogens is 1. The molecule has 0 saturated carbocycles. The van der Waals surface area contributed by atoms with Gasteiger partial charge in [0.25, 0.3) is 0 Å². The van der Waals surface area contributed by atoms with Gasteiger partial charge in [-0.3, -0.25) is 5.41 Å². The molecule has 0 saturated heterocycles. The molecular weight excluding hydrogens is 625 g/mol. The van der Waals surface area contributed by atoms with Gasteiger partial charge in [-0.2, -0.15) is 4.99 Å².